The summed E-state index contributed by atoms with van der Waals surface area (Å²) >= 11 is 9.13. The summed E-state index contributed by atoms with van der Waals surface area (Å²) in [6.07, 6.45) is 0. The zero-order valence-electron chi connectivity index (χ0n) is 10.9. The Bertz CT molecular complexity index is 606. The molecule has 0 atom stereocenters. The highest BCUT2D eigenvalue weighted by Crippen LogP contribution is 2.23. The van der Waals surface area contributed by atoms with Gasteiger partial charge in [-0.3, -0.25) is 0 Å². The second-order valence-electron chi connectivity index (χ2n) is 4.32. The molecule has 0 aliphatic rings. The Kier molecular flexibility index (Phi) is 5.40. The number of nitrogens with one attached hydrogen (secondary N) is 1. The van der Waals surface area contributed by atoms with Crippen LogP contribution in [0, 0.1) is 5.82 Å². The van der Waals surface area contributed by atoms with Gasteiger partial charge in [0, 0.05) is 11.0 Å². The lowest BCUT2D eigenvalue weighted by Crippen LogP contribution is -2.06. The SMILES string of the molecule is CNCc1cc(OCc2ccc(Cl)c(F)c2)ccc1Br. The van der Waals surface area contributed by atoms with Gasteiger partial charge in [0.2, 0.25) is 0 Å². The molecule has 0 fully saturated rings. The van der Waals surface area contributed by atoms with Crippen molar-refractivity contribution >= 4 is 27.5 Å². The topological polar surface area (TPSA) is 21.3 Å². The van der Waals surface area contributed by atoms with Crippen molar-refractivity contribution in [3.05, 3.63) is 62.8 Å². The molecule has 0 bridgehead atoms. The predicted octanol–water partition coefficient (Wildman–Crippen LogP) is 4.54. The van der Waals surface area contributed by atoms with Gasteiger partial charge in [0.05, 0.1) is 5.02 Å². The molecule has 0 amide bonds. The average Bonchev–Trinajstić information content (AvgIpc) is 2.43. The molecule has 0 radical (unpaired) electrons. The molecule has 0 saturated carbocycles. The van der Waals surface area contributed by atoms with Crippen molar-refractivity contribution in [1.29, 1.82) is 0 Å². The van der Waals surface area contributed by atoms with Crippen molar-refractivity contribution in [1.82, 2.24) is 5.32 Å². The highest BCUT2D eigenvalue weighted by Gasteiger charge is 2.04. The van der Waals surface area contributed by atoms with E-state index in [1.807, 2.05) is 25.2 Å². The first-order chi connectivity index (χ1) is 9.60. The molecule has 0 saturated heterocycles. The highest BCUT2D eigenvalue weighted by atomic mass is 79.9. The van der Waals surface area contributed by atoms with E-state index in [1.54, 1.807) is 6.07 Å². The third-order valence-electron chi connectivity index (χ3n) is 2.77. The van der Waals surface area contributed by atoms with Crippen molar-refractivity contribution in [2.24, 2.45) is 0 Å². The smallest absolute Gasteiger partial charge is 0.142 e. The van der Waals surface area contributed by atoms with Crippen LogP contribution in [0.3, 0.4) is 0 Å². The summed E-state index contributed by atoms with van der Waals surface area (Å²) in [6, 6.07) is 10.4. The van der Waals surface area contributed by atoms with Crippen LogP contribution in [0.15, 0.2) is 40.9 Å². The largest absolute Gasteiger partial charge is 0.489 e. The minimum absolute atomic E-state index is 0.119. The van der Waals surface area contributed by atoms with Gasteiger partial charge >= 0.3 is 0 Å². The van der Waals surface area contributed by atoms with E-state index in [4.69, 9.17) is 16.3 Å². The van der Waals surface area contributed by atoms with E-state index in [9.17, 15) is 4.39 Å². The van der Waals surface area contributed by atoms with Crippen LogP contribution in [0.4, 0.5) is 4.39 Å². The normalized spacial score (nSPS) is 10.6. The maximum absolute atomic E-state index is 13.3. The summed E-state index contributed by atoms with van der Waals surface area (Å²) < 4.78 is 20.0. The number of halogens is 3. The fourth-order valence-corrected chi connectivity index (χ4v) is 2.27. The first-order valence-corrected chi connectivity index (χ1v) is 7.27. The van der Waals surface area contributed by atoms with Gasteiger partial charge in [0.15, 0.2) is 0 Å². The minimum atomic E-state index is -0.431. The van der Waals surface area contributed by atoms with Crippen LogP contribution < -0.4 is 10.1 Å². The molecule has 0 unspecified atom stereocenters. The third-order valence-corrected chi connectivity index (χ3v) is 3.85. The molecule has 106 valence electrons. The molecular weight excluding hydrogens is 345 g/mol. The summed E-state index contributed by atoms with van der Waals surface area (Å²) in [5, 5.41) is 3.21. The van der Waals surface area contributed by atoms with Crippen LogP contribution in [0.1, 0.15) is 11.1 Å². The molecule has 2 aromatic rings. The van der Waals surface area contributed by atoms with Crippen LogP contribution in [0.5, 0.6) is 5.75 Å². The van der Waals surface area contributed by atoms with E-state index in [1.165, 1.54) is 12.1 Å². The highest BCUT2D eigenvalue weighted by molar-refractivity contribution is 9.10. The second kappa shape index (κ2) is 7.07. The van der Waals surface area contributed by atoms with Gasteiger partial charge in [-0.1, -0.05) is 33.6 Å². The lowest BCUT2D eigenvalue weighted by Gasteiger charge is -2.10. The van der Waals surface area contributed by atoms with Gasteiger partial charge in [-0.2, -0.15) is 0 Å². The van der Waals surface area contributed by atoms with E-state index in [0.29, 0.717) is 6.61 Å². The van der Waals surface area contributed by atoms with Crippen LogP contribution >= 0.6 is 27.5 Å². The van der Waals surface area contributed by atoms with Gasteiger partial charge in [0.1, 0.15) is 18.2 Å². The van der Waals surface area contributed by atoms with Crippen molar-refractivity contribution in [3.8, 4) is 5.75 Å². The Labute approximate surface area is 131 Å². The molecule has 0 aliphatic carbocycles. The minimum Gasteiger partial charge on any atom is -0.489 e. The van der Waals surface area contributed by atoms with Gasteiger partial charge in [-0.05, 0) is 48.5 Å². The van der Waals surface area contributed by atoms with E-state index in [-0.39, 0.29) is 5.02 Å². The van der Waals surface area contributed by atoms with Crippen LogP contribution in [0.2, 0.25) is 5.02 Å². The molecule has 5 heteroatoms. The first-order valence-electron chi connectivity index (χ1n) is 6.10. The number of ether oxygens (including phenoxy) is 1. The van der Waals surface area contributed by atoms with Crippen molar-refractivity contribution in [3.63, 3.8) is 0 Å². The Balaban J connectivity index is 2.06. The molecular formula is C15H14BrClFNO. The Morgan fingerprint density at radius 2 is 2.05 bits per heavy atom. The Hall–Kier alpha value is -1.10. The molecule has 2 aromatic carbocycles. The van der Waals surface area contributed by atoms with Crippen molar-refractivity contribution in [2.45, 2.75) is 13.2 Å². The summed E-state index contributed by atoms with van der Waals surface area (Å²) in [4.78, 5) is 0. The predicted molar refractivity (Wildman–Crippen MR) is 82.6 cm³/mol. The summed E-state index contributed by atoms with van der Waals surface area (Å²) in [6.45, 7) is 1.04. The standard InChI is InChI=1S/C15H14BrClFNO/c1-19-8-11-7-12(3-4-13(11)16)20-9-10-2-5-14(17)15(18)6-10/h2-7,19H,8-9H2,1H3. The first kappa shape index (κ1) is 15.3. The van der Waals surface area contributed by atoms with Gasteiger partial charge < -0.3 is 10.1 Å². The molecule has 0 aromatic heterocycles. The van der Waals surface area contributed by atoms with Crippen molar-refractivity contribution < 1.29 is 9.13 Å². The number of rotatable bonds is 5. The van der Waals surface area contributed by atoms with E-state index in [0.717, 1.165) is 27.9 Å². The molecule has 2 rings (SSSR count). The van der Waals surface area contributed by atoms with E-state index < -0.39 is 5.82 Å². The zero-order valence-corrected chi connectivity index (χ0v) is 13.3. The fraction of sp³-hybridized carbons (Fsp3) is 0.200. The van der Waals surface area contributed by atoms with E-state index >= 15 is 0 Å². The van der Waals surface area contributed by atoms with Crippen molar-refractivity contribution in [2.75, 3.05) is 7.05 Å². The lowest BCUT2D eigenvalue weighted by molar-refractivity contribution is 0.305. The molecule has 1 N–H and O–H groups in total. The number of hydrogen-bond donors (Lipinski definition) is 1. The van der Waals surface area contributed by atoms with Crippen LogP contribution in [-0.2, 0) is 13.2 Å². The zero-order chi connectivity index (χ0) is 14.5. The summed E-state index contributed by atoms with van der Waals surface area (Å²) in [7, 11) is 1.89. The fourth-order valence-electron chi connectivity index (χ4n) is 1.76. The molecule has 0 aliphatic heterocycles. The molecule has 0 heterocycles. The summed E-state index contributed by atoms with van der Waals surface area (Å²) in [5.41, 5.74) is 1.84. The monoisotopic (exact) mass is 357 g/mol. The third kappa shape index (κ3) is 3.95. The number of hydrogen-bond acceptors (Lipinski definition) is 2. The molecule has 0 spiro atoms. The lowest BCUT2D eigenvalue weighted by atomic mass is 10.2. The quantitative estimate of drug-likeness (QED) is 0.847. The van der Waals surface area contributed by atoms with Gasteiger partial charge in [-0.25, -0.2) is 4.39 Å². The molecule has 2 nitrogen and oxygen atoms in total. The molecule has 20 heavy (non-hydrogen) atoms. The average molecular weight is 359 g/mol. The maximum Gasteiger partial charge on any atom is 0.142 e. The van der Waals surface area contributed by atoms with Crippen LogP contribution in [-0.4, -0.2) is 7.05 Å². The Morgan fingerprint density at radius 3 is 2.75 bits per heavy atom. The van der Waals surface area contributed by atoms with Gasteiger partial charge in [0.25, 0.3) is 0 Å². The number of benzene rings is 2. The maximum atomic E-state index is 13.3. The van der Waals surface area contributed by atoms with Gasteiger partial charge in [-0.15, -0.1) is 0 Å². The summed E-state index contributed by atoms with van der Waals surface area (Å²) in [5.74, 6) is 0.313. The Morgan fingerprint density at radius 1 is 1.25 bits per heavy atom. The second-order valence-corrected chi connectivity index (χ2v) is 5.58. The van der Waals surface area contributed by atoms with E-state index in [2.05, 4.69) is 21.2 Å². The van der Waals surface area contributed by atoms with Crippen LogP contribution in [0.25, 0.3) is 0 Å².